The van der Waals surface area contributed by atoms with Crippen molar-refractivity contribution in [2.45, 2.75) is 0 Å². The fourth-order valence-electron chi connectivity index (χ4n) is 3.29. The number of rotatable bonds is 6. The molecular formula is C20H24N6O. The van der Waals surface area contributed by atoms with E-state index >= 15 is 0 Å². The van der Waals surface area contributed by atoms with Crippen LogP contribution < -0.4 is 15.1 Å². The summed E-state index contributed by atoms with van der Waals surface area (Å²) in [5, 5.41) is 4.41. The van der Waals surface area contributed by atoms with Crippen molar-refractivity contribution in [3.63, 3.8) is 0 Å². The van der Waals surface area contributed by atoms with E-state index in [1.165, 1.54) is 0 Å². The zero-order chi connectivity index (χ0) is 18.5. The average molecular weight is 364 g/mol. The zero-order valence-corrected chi connectivity index (χ0v) is 15.5. The van der Waals surface area contributed by atoms with Crippen LogP contribution in [0, 0.1) is 0 Å². The van der Waals surface area contributed by atoms with Gasteiger partial charge in [-0.25, -0.2) is 9.97 Å². The van der Waals surface area contributed by atoms with Crippen molar-refractivity contribution in [2.24, 2.45) is 0 Å². The fourth-order valence-corrected chi connectivity index (χ4v) is 3.29. The maximum atomic E-state index is 5.15. The van der Waals surface area contributed by atoms with E-state index in [-0.39, 0.29) is 0 Å². The highest BCUT2D eigenvalue weighted by Crippen LogP contribution is 2.24. The van der Waals surface area contributed by atoms with Gasteiger partial charge in [0.2, 0.25) is 5.95 Å². The molecule has 0 atom stereocenters. The van der Waals surface area contributed by atoms with Crippen LogP contribution in [-0.4, -0.2) is 61.4 Å². The second kappa shape index (κ2) is 8.18. The summed E-state index contributed by atoms with van der Waals surface area (Å²) in [5.41, 5.74) is 0.953. The van der Waals surface area contributed by atoms with Crippen molar-refractivity contribution in [2.75, 3.05) is 61.6 Å². The van der Waals surface area contributed by atoms with Crippen LogP contribution in [0.4, 0.5) is 17.6 Å². The molecule has 4 rings (SSSR count). The molecule has 0 amide bonds. The Morgan fingerprint density at radius 1 is 0.963 bits per heavy atom. The predicted octanol–water partition coefficient (Wildman–Crippen LogP) is 2.41. The van der Waals surface area contributed by atoms with E-state index < -0.39 is 0 Å². The van der Waals surface area contributed by atoms with Gasteiger partial charge in [0.05, 0.1) is 12.1 Å². The lowest BCUT2D eigenvalue weighted by Gasteiger charge is -2.35. The highest BCUT2D eigenvalue weighted by atomic mass is 16.5. The van der Waals surface area contributed by atoms with Gasteiger partial charge >= 0.3 is 0 Å². The molecule has 1 fully saturated rings. The van der Waals surface area contributed by atoms with Crippen molar-refractivity contribution >= 4 is 28.5 Å². The van der Waals surface area contributed by atoms with Crippen molar-refractivity contribution in [3.05, 3.63) is 48.7 Å². The Kier molecular flexibility index (Phi) is 5.29. The third-order valence-electron chi connectivity index (χ3n) is 4.73. The molecule has 3 aromatic rings. The molecule has 0 unspecified atom stereocenters. The number of anilines is 3. The molecule has 0 saturated carbocycles. The Morgan fingerprint density at radius 2 is 1.74 bits per heavy atom. The fraction of sp³-hybridized carbons (Fsp3) is 0.350. The first-order valence-corrected chi connectivity index (χ1v) is 9.25. The van der Waals surface area contributed by atoms with E-state index in [1.54, 1.807) is 7.11 Å². The largest absolute Gasteiger partial charge is 0.383 e. The third kappa shape index (κ3) is 3.93. The van der Waals surface area contributed by atoms with Gasteiger partial charge in [-0.3, -0.25) is 0 Å². The number of piperazine rings is 1. The molecule has 3 heterocycles. The van der Waals surface area contributed by atoms with Gasteiger partial charge in [-0.15, -0.1) is 0 Å². The van der Waals surface area contributed by atoms with E-state index in [2.05, 4.69) is 26.2 Å². The first-order valence-electron chi connectivity index (χ1n) is 9.25. The minimum Gasteiger partial charge on any atom is -0.383 e. The second-order valence-corrected chi connectivity index (χ2v) is 6.47. The van der Waals surface area contributed by atoms with Crippen molar-refractivity contribution in [1.29, 1.82) is 0 Å². The lowest BCUT2D eigenvalue weighted by Crippen LogP contribution is -2.47. The van der Waals surface area contributed by atoms with E-state index in [0.717, 1.165) is 54.7 Å². The van der Waals surface area contributed by atoms with Crippen molar-refractivity contribution in [1.82, 2.24) is 15.0 Å². The van der Waals surface area contributed by atoms with E-state index in [0.29, 0.717) is 13.2 Å². The van der Waals surface area contributed by atoms with Gasteiger partial charge in [-0.1, -0.05) is 18.2 Å². The Bertz CT molecular complexity index is 880. The first-order chi connectivity index (χ1) is 13.3. The number of nitrogens with one attached hydrogen (secondary N) is 1. The molecule has 1 saturated heterocycles. The van der Waals surface area contributed by atoms with E-state index in [1.807, 2.05) is 42.6 Å². The monoisotopic (exact) mass is 364 g/mol. The van der Waals surface area contributed by atoms with Gasteiger partial charge in [0.15, 0.2) is 0 Å². The second-order valence-electron chi connectivity index (χ2n) is 6.47. The molecule has 1 aliphatic heterocycles. The van der Waals surface area contributed by atoms with Crippen LogP contribution in [0.25, 0.3) is 10.9 Å². The molecule has 1 aromatic carbocycles. The average Bonchev–Trinajstić information content (AvgIpc) is 2.74. The van der Waals surface area contributed by atoms with Gasteiger partial charge < -0.3 is 19.9 Å². The molecule has 27 heavy (non-hydrogen) atoms. The van der Waals surface area contributed by atoms with Gasteiger partial charge in [-0.05, 0) is 24.3 Å². The summed E-state index contributed by atoms with van der Waals surface area (Å²) in [4.78, 5) is 18.6. The van der Waals surface area contributed by atoms with Gasteiger partial charge in [0.25, 0.3) is 0 Å². The van der Waals surface area contributed by atoms with Crippen LogP contribution >= 0.6 is 0 Å². The highest BCUT2D eigenvalue weighted by molar-refractivity contribution is 5.90. The summed E-state index contributed by atoms with van der Waals surface area (Å²) in [7, 11) is 1.70. The number of hydrogen-bond donors (Lipinski definition) is 1. The third-order valence-corrected chi connectivity index (χ3v) is 4.73. The number of para-hydroxylation sites is 1. The zero-order valence-electron chi connectivity index (χ0n) is 15.5. The quantitative estimate of drug-likeness (QED) is 0.674. The van der Waals surface area contributed by atoms with Crippen LogP contribution in [-0.2, 0) is 4.74 Å². The number of methoxy groups -OCH3 is 1. The van der Waals surface area contributed by atoms with Gasteiger partial charge in [0, 0.05) is 51.4 Å². The number of ether oxygens (including phenoxy) is 1. The van der Waals surface area contributed by atoms with E-state index in [9.17, 15) is 0 Å². The minimum absolute atomic E-state index is 0.635. The molecule has 2 aromatic heterocycles. The van der Waals surface area contributed by atoms with Crippen molar-refractivity contribution in [3.8, 4) is 0 Å². The van der Waals surface area contributed by atoms with Gasteiger partial charge in [-0.2, -0.15) is 4.98 Å². The maximum absolute atomic E-state index is 5.15. The number of benzene rings is 1. The Morgan fingerprint density at radius 3 is 2.52 bits per heavy atom. The molecule has 0 bridgehead atoms. The first kappa shape index (κ1) is 17.5. The normalized spacial score (nSPS) is 14.6. The topological polar surface area (TPSA) is 66.4 Å². The summed E-state index contributed by atoms with van der Waals surface area (Å²) >= 11 is 0. The van der Waals surface area contributed by atoms with Crippen LogP contribution in [0.15, 0.2) is 48.7 Å². The molecule has 140 valence electrons. The number of nitrogens with zero attached hydrogens (tertiary/aromatic N) is 5. The standard InChI is InChI=1S/C20H24N6O/c1-27-15-10-22-19-16-6-2-3-7-17(16)23-20(24-19)26-13-11-25(12-14-26)18-8-4-5-9-21-18/h2-9H,10-15H2,1H3,(H,22,23,24). The van der Waals surface area contributed by atoms with Crippen LogP contribution in [0.3, 0.4) is 0 Å². The lowest BCUT2D eigenvalue weighted by atomic mass is 10.2. The number of hydrogen-bond acceptors (Lipinski definition) is 7. The number of aromatic nitrogens is 3. The van der Waals surface area contributed by atoms with Crippen LogP contribution in [0.1, 0.15) is 0 Å². The highest BCUT2D eigenvalue weighted by Gasteiger charge is 2.21. The molecule has 0 spiro atoms. The minimum atomic E-state index is 0.635. The SMILES string of the molecule is COCCNc1nc(N2CCN(c3ccccn3)CC2)nc2ccccc12. The Labute approximate surface area is 159 Å². The molecular weight excluding hydrogens is 340 g/mol. The molecule has 0 aliphatic carbocycles. The molecule has 7 nitrogen and oxygen atoms in total. The molecule has 0 radical (unpaired) electrons. The summed E-state index contributed by atoms with van der Waals surface area (Å²) in [6, 6.07) is 14.1. The summed E-state index contributed by atoms with van der Waals surface area (Å²) in [6.07, 6.45) is 1.84. The number of fused-ring (bicyclic) bond motifs is 1. The van der Waals surface area contributed by atoms with Crippen molar-refractivity contribution < 1.29 is 4.74 Å². The lowest BCUT2D eigenvalue weighted by molar-refractivity contribution is 0.210. The summed E-state index contributed by atoms with van der Waals surface area (Å²) in [5.74, 6) is 2.66. The maximum Gasteiger partial charge on any atom is 0.228 e. The smallest absolute Gasteiger partial charge is 0.228 e. The molecule has 1 N–H and O–H groups in total. The Balaban J connectivity index is 1.53. The number of pyridine rings is 1. The summed E-state index contributed by atoms with van der Waals surface area (Å²) in [6.45, 7) is 4.89. The van der Waals surface area contributed by atoms with Gasteiger partial charge in [0.1, 0.15) is 11.6 Å². The molecule has 1 aliphatic rings. The van der Waals surface area contributed by atoms with Crippen LogP contribution in [0.2, 0.25) is 0 Å². The summed E-state index contributed by atoms with van der Waals surface area (Å²) < 4.78 is 5.15. The molecule has 7 heteroatoms. The van der Waals surface area contributed by atoms with Crippen LogP contribution in [0.5, 0.6) is 0 Å². The Hall–Kier alpha value is -2.93. The predicted molar refractivity (Wildman–Crippen MR) is 109 cm³/mol. The van der Waals surface area contributed by atoms with E-state index in [4.69, 9.17) is 14.7 Å².